The first-order chi connectivity index (χ1) is 18.9. The molecule has 0 aliphatic heterocycles. The lowest BCUT2D eigenvalue weighted by molar-refractivity contribution is 0.387. The number of hydrogen-bond donors (Lipinski definition) is 6. The van der Waals surface area contributed by atoms with Crippen LogP contribution in [0.3, 0.4) is 0 Å². The second-order valence-corrected chi connectivity index (χ2v) is 10.7. The van der Waals surface area contributed by atoms with Crippen molar-refractivity contribution < 1.29 is 30.6 Å². The van der Waals surface area contributed by atoms with Crippen LogP contribution >= 0.6 is 0 Å². The number of fused-ring (bicyclic) bond motifs is 3. The quantitative estimate of drug-likeness (QED) is 0.231. The minimum absolute atomic E-state index is 0.185. The Kier molecular flexibility index (Phi) is 5.23. The molecule has 3 aliphatic carbocycles. The topological polar surface area (TPSA) is 175 Å². The van der Waals surface area contributed by atoms with Crippen molar-refractivity contribution in [3.63, 3.8) is 0 Å². The molecular formula is C27H30N6O6. The summed E-state index contributed by atoms with van der Waals surface area (Å²) in [5.74, 6) is -1.77. The molecule has 204 valence electrons. The zero-order valence-corrected chi connectivity index (χ0v) is 21.4. The van der Waals surface area contributed by atoms with Gasteiger partial charge in [-0.15, -0.1) is 0 Å². The van der Waals surface area contributed by atoms with Gasteiger partial charge in [-0.1, -0.05) is 0 Å². The summed E-state index contributed by atoms with van der Waals surface area (Å²) < 4.78 is 3.33. The zero-order chi connectivity index (χ0) is 27.0. The van der Waals surface area contributed by atoms with Gasteiger partial charge in [0.1, 0.15) is 0 Å². The number of aromatic hydroxyl groups is 6. The van der Waals surface area contributed by atoms with E-state index in [4.69, 9.17) is 0 Å². The minimum atomic E-state index is -0.203. The van der Waals surface area contributed by atoms with Crippen LogP contribution in [-0.2, 0) is 38.5 Å². The fourth-order valence-electron chi connectivity index (χ4n) is 6.52. The van der Waals surface area contributed by atoms with Gasteiger partial charge in [0.15, 0.2) is 0 Å². The summed E-state index contributed by atoms with van der Waals surface area (Å²) in [6.07, 6.45) is 8.72. The number of hydrogen-bond acceptors (Lipinski definition) is 9. The van der Waals surface area contributed by atoms with Crippen molar-refractivity contribution >= 4 is 0 Å². The highest BCUT2D eigenvalue weighted by atomic mass is 16.3. The molecule has 0 bridgehead atoms. The second-order valence-electron chi connectivity index (χ2n) is 10.7. The highest BCUT2D eigenvalue weighted by molar-refractivity contribution is 5.55. The van der Waals surface area contributed by atoms with E-state index in [1.54, 1.807) is 0 Å². The summed E-state index contributed by atoms with van der Waals surface area (Å²) in [5, 5.41) is 66.6. The van der Waals surface area contributed by atoms with Crippen molar-refractivity contribution in [1.29, 1.82) is 0 Å². The van der Waals surface area contributed by atoms with Crippen molar-refractivity contribution in [2.24, 2.45) is 0 Å². The average Bonchev–Trinajstić information content (AvgIpc) is 3.48. The summed E-state index contributed by atoms with van der Waals surface area (Å²) in [6, 6.07) is 0. The van der Waals surface area contributed by atoms with Crippen LogP contribution in [0.25, 0.3) is 17.8 Å². The molecule has 39 heavy (non-hydrogen) atoms. The Balaban J connectivity index is 1.50. The Morgan fingerprint density at radius 3 is 0.692 bits per heavy atom. The van der Waals surface area contributed by atoms with Gasteiger partial charge in [0, 0.05) is 33.4 Å². The van der Waals surface area contributed by atoms with Crippen LogP contribution in [0.1, 0.15) is 71.9 Å². The lowest BCUT2D eigenvalue weighted by atomic mass is 9.95. The molecule has 12 nitrogen and oxygen atoms in total. The van der Waals surface area contributed by atoms with E-state index in [-0.39, 0.29) is 53.1 Å². The Morgan fingerprint density at radius 2 is 0.513 bits per heavy atom. The summed E-state index contributed by atoms with van der Waals surface area (Å²) in [7, 11) is 0. The molecular weight excluding hydrogens is 504 g/mol. The average molecular weight is 535 g/mol. The molecule has 0 unspecified atom stereocenters. The van der Waals surface area contributed by atoms with E-state index in [9.17, 15) is 30.6 Å². The predicted molar refractivity (Wildman–Crippen MR) is 138 cm³/mol. The Bertz CT molecular complexity index is 1360. The van der Waals surface area contributed by atoms with Crippen LogP contribution in [0, 0.1) is 0 Å². The predicted octanol–water partition coefficient (Wildman–Crippen LogP) is 3.11. The van der Waals surface area contributed by atoms with Crippen molar-refractivity contribution in [1.82, 2.24) is 28.7 Å². The molecule has 4 aromatic heterocycles. The molecule has 0 aromatic carbocycles. The summed E-state index contributed by atoms with van der Waals surface area (Å²) in [4.78, 5) is 13.4. The van der Waals surface area contributed by atoms with Crippen molar-refractivity contribution in [2.45, 2.75) is 77.0 Å². The van der Waals surface area contributed by atoms with Crippen LogP contribution in [-0.4, -0.2) is 59.3 Å². The molecule has 6 N–H and O–H groups in total. The standard InChI is InChI=1S/C27H30N6O6/c34-19-13-7-1-2-8-14(13)20(35)31(19)25-28-26(32-21(36)15-9-3-4-10-16(15)22(32)37)30-27(29-25)33-23(38)17-11-5-6-12-18(17)24(33)39/h34-39H,1-12H2. The van der Waals surface area contributed by atoms with Gasteiger partial charge in [0.05, 0.1) is 0 Å². The fraction of sp³-hybridized carbons (Fsp3) is 0.444. The number of nitrogens with zero attached hydrogens (tertiary/aromatic N) is 6. The highest BCUT2D eigenvalue weighted by Gasteiger charge is 2.32. The molecule has 4 aromatic rings. The second kappa shape index (κ2) is 8.58. The Hall–Kier alpha value is -4.35. The van der Waals surface area contributed by atoms with E-state index in [2.05, 4.69) is 15.0 Å². The third kappa shape index (κ3) is 3.33. The van der Waals surface area contributed by atoms with Crippen molar-refractivity contribution in [3.8, 4) is 53.1 Å². The smallest absolute Gasteiger partial charge is 0.246 e. The van der Waals surface area contributed by atoms with Crippen molar-refractivity contribution in [3.05, 3.63) is 33.4 Å². The number of aromatic nitrogens is 6. The van der Waals surface area contributed by atoms with E-state index in [0.717, 1.165) is 52.2 Å². The summed E-state index contributed by atoms with van der Waals surface area (Å²) in [5.41, 5.74) is 3.70. The third-order valence-electron chi connectivity index (χ3n) is 8.49. The van der Waals surface area contributed by atoms with Gasteiger partial charge in [0.2, 0.25) is 53.1 Å². The molecule has 0 amide bonds. The van der Waals surface area contributed by atoms with Gasteiger partial charge < -0.3 is 30.6 Å². The fourth-order valence-corrected chi connectivity index (χ4v) is 6.52. The van der Waals surface area contributed by atoms with Crippen LogP contribution in [0.5, 0.6) is 35.3 Å². The molecule has 7 rings (SSSR count). The first kappa shape index (κ1) is 23.7. The van der Waals surface area contributed by atoms with Crippen LogP contribution in [0.4, 0.5) is 0 Å². The SMILES string of the molecule is Oc1c2c(c(O)n1-c1nc(-n3c(O)c4c(c3O)CCCC4)nc(-n3c(O)c4c(c3O)CCCC4)n1)CCCC2. The maximum atomic E-state index is 11.1. The Morgan fingerprint density at radius 1 is 0.333 bits per heavy atom. The maximum absolute atomic E-state index is 11.1. The van der Waals surface area contributed by atoms with E-state index in [0.29, 0.717) is 71.9 Å². The Labute approximate surface area is 223 Å². The highest BCUT2D eigenvalue weighted by Crippen LogP contribution is 2.44. The molecule has 0 fully saturated rings. The van der Waals surface area contributed by atoms with Gasteiger partial charge in [0.25, 0.3) is 0 Å². The molecule has 0 spiro atoms. The van der Waals surface area contributed by atoms with Gasteiger partial charge >= 0.3 is 0 Å². The maximum Gasteiger partial charge on any atom is 0.246 e. The first-order valence-corrected chi connectivity index (χ1v) is 13.6. The normalized spacial score (nSPS) is 16.6. The third-order valence-corrected chi connectivity index (χ3v) is 8.49. The zero-order valence-electron chi connectivity index (χ0n) is 21.4. The summed E-state index contributed by atoms with van der Waals surface area (Å²) in [6.45, 7) is 0. The molecule has 12 heteroatoms. The largest absolute Gasteiger partial charge is 0.494 e. The monoisotopic (exact) mass is 534 g/mol. The lowest BCUT2D eigenvalue weighted by Gasteiger charge is -2.13. The summed E-state index contributed by atoms with van der Waals surface area (Å²) >= 11 is 0. The van der Waals surface area contributed by atoms with Gasteiger partial charge in [-0.05, 0) is 77.0 Å². The molecule has 0 saturated heterocycles. The van der Waals surface area contributed by atoms with E-state index in [1.165, 1.54) is 0 Å². The molecule has 0 radical (unpaired) electrons. The van der Waals surface area contributed by atoms with E-state index >= 15 is 0 Å². The molecule has 0 saturated carbocycles. The molecule has 0 atom stereocenters. The van der Waals surface area contributed by atoms with Gasteiger partial charge in [-0.25, -0.2) is 13.7 Å². The van der Waals surface area contributed by atoms with Crippen LogP contribution < -0.4 is 0 Å². The van der Waals surface area contributed by atoms with E-state index < -0.39 is 0 Å². The molecule has 3 aliphatic rings. The van der Waals surface area contributed by atoms with Gasteiger partial charge in [-0.2, -0.15) is 15.0 Å². The van der Waals surface area contributed by atoms with Crippen LogP contribution in [0.2, 0.25) is 0 Å². The van der Waals surface area contributed by atoms with Gasteiger partial charge in [-0.3, -0.25) is 0 Å². The molecule has 4 heterocycles. The number of rotatable bonds is 3. The lowest BCUT2D eigenvalue weighted by Crippen LogP contribution is -2.13. The van der Waals surface area contributed by atoms with E-state index in [1.807, 2.05) is 0 Å². The first-order valence-electron chi connectivity index (χ1n) is 13.6. The van der Waals surface area contributed by atoms with Crippen LogP contribution in [0.15, 0.2) is 0 Å². The minimum Gasteiger partial charge on any atom is -0.494 e. The van der Waals surface area contributed by atoms with Crippen molar-refractivity contribution in [2.75, 3.05) is 0 Å².